The average Bonchev–Trinajstić information content (AvgIpc) is 3.42. The Balaban J connectivity index is 1.49. The van der Waals surface area contributed by atoms with E-state index in [4.69, 9.17) is 17.0 Å². The second-order valence-corrected chi connectivity index (χ2v) is 10.9. The van der Waals surface area contributed by atoms with Gasteiger partial charge in [0.2, 0.25) is 0 Å². The number of amidine groups is 1. The summed E-state index contributed by atoms with van der Waals surface area (Å²) in [7, 11) is 0. The van der Waals surface area contributed by atoms with Crippen molar-refractivity contribution in [2.75, 3.05) is 19.6 Å². The molecule has 10 nitrogen and oxygen atoms in total. The predicted octanol–water partition coefficient (Wildman–Crippen LogP) is 4.50. The molecule has 224 valence electrons. The molecular weight excluding hydrogens is 575 g/mol. The van der Waals surface area contributed by atoms with Gasteiger partial charge in [-0.2, -0.15) is 13.2 Å². The Morgan fingerprint density at radius 1 is 1.14 bits per heavy atom. The maximum absolute atomic E-state index is 13.4. The average molecular weight is 606 g/mol. The molecule has 0 radical (unpaired) electrons. The van der Waals surface area contributed by atoms with E-state index in [1.165, 1.54) is 35.3 Å². The molecule has 42 heavy (non-hydrogen) atoms. The van der Waals surface area contributed by atoms with E-state index < -0.39 is 30.7 Å². The molecule has 3 amide bonds. The molecule has 1 saturated heterocycles. The zero-order chi connectivity index (χ0) is 30.6. The summed E-state index contributed by atoms with van der Waals surface area (Å²) in [5, 5.41) is 25.1. The van der Waals surface area contributed by atoms with Gasteiger partial charge in [0.25, 0.3) is 5.91 Å². The van der Waals surface area contributed by atoms with Crippen LogP contribution in [0.15, 0.2) is 54.9 Å². The lowest BCUT2D eigenvalue weighted by Gasteiger charge is -2.35. The summed E-state index contributed by atoms with van der Waals surface area (Å²) < 4.78 is 40.7. The number of rotatable bonds is 7. The third-order valence-corrected chi connectivity index (χ3v) is 7.09. The van der Waals surface area contributed by atoms with E-state index in [2.05, 4.69) is 29.2 Å². The standard InChI is InChI=1S/C28H31ClF3N7O3/c1-17-11-18(2)14-37(13-17)26(41)21-5-3-4-6-22(21)39-16-35-24(36-39)12-34-27(42)38(15-23(40)28(30,31)32)25(33)19-7-9-20(29)10-8-19/h3-10,16-18,23,33,40H,11-15H2,1-2H3,(H,34,42)/t17?,18?,23-/m0/s1. The number of benzene rings is 2. The molecule has 1 aliphatic rings. The highest BCUT2D eigenvalue weighted by Gasteiger charge is 2.41. The van der Waals surface area contributed by atoms with E-state index >= 15 is 0 Å². The maximum atomic E-state index is 13.4. The Morgan fingerprint density at radius 2 is 1.79 bits per heavy atom. The van der Waals surface area contributed by atoms with Gasteiger partial charge < -0.3 is 15.3 Å². The Labute approximate surface area is 245 Å². The van der Waals surface area contributed by atoms with Crippen molar-refractivity contribution in [1.82, 2.24) is 29.9 Å². The van der Waals surface area contributed by atoms with Crippen LogP contribution in [0.1, 0.15) is 42.0 Å². The van der Waals surface area contributed by atoms with Crippen LogP contribution in [0.4, 0.5) is 18.0 Å². The van der Waals surface area contributed by atoms with Crippen molar-refractivity contribution in [1.29, 1.82) is 5.41 Å². The van der Waals surface area contributed by atoms with E-state index in [9.17, 15) is 27.9 Å². The Kier molecular flexibility index (Phi) is 9.52. The van der Waals surface area contributed by atoms with Gasteiger partial charge in [0.1, 0.15) is 12.2 Å². The van der Waals surface area contributed by atoms with Crippen LogP contribution in [-0.2, 0) is 6.54 Å². The molecule has 2 aromatic carbocycles. The van der Waals surface area contributed by atoms with Crippen molar-refractivity contribution in [2.24, 2.45) is 11.8 Å². The number of urea groups is 1. The highest BCUT2D eigenvalue weighted by Crippen LogP contribution is 2.25. The molecule has 3 aromatic rings. The van der Waals surface area contributed by atoms with E-state index in [0.29, 0.717) is 46.1 Å². The number of piperidine rings is 1. The van der Waals surface area contributed by atoms with Crippen molar-refractivity contribution in [3.05, 3.63) is 76.8 Å². The molecule has 2 heterocycles. The minimum atomic E-state index is -5.01. The smallest absolute Gasteiger partial charge is 0.382 e. The maximum Gasteiger partial charge on any atom is 0.416 e. The number of halogens is 4. The van der Waals surface area contributed by atoms with Gasteiger partial charge in [0.15, 0.2) is 11.9 Å². The number of alkyl halides is 3. The van der Waals surface area contributed by atoms with Crippen LogP contribution in [-0.4, -0.2) is 79.4 Å². The lowest BCUT2D eigenvalue weighted by molar-refractivity contribution is -0.204. The van der Waals surface area contributed by atoms with E-state index in [0.717, 1.165) is 6.42 Å². The number of aliphatic hydroxyl groups is 1. The molecule has 0 saturated carbocycles. The minimum absolute atomic E-state index is 0.111. The molecule has 2 unspecified atom stereocenters. The second kappa shape index (κ2) is 12.9. The zero-order valence-corrected chi connectivity index (χ0v) is 23.7. The Bertz CT molecular complexity index is 1420. The molecular formula is C28H31ClF3N7O3. The van der Waals surface area contributed by atoms with Gasteiger partial charge in [-0.1, -0.05) is 37.6 Å². The highest BCUT2D eigenvalue weighted by atomic mass is 35.5. The molecule has 1 aromatic heterocycles. The zero-order valence-electron chi connectivity index (χ0n) is 23.0. The fraction of sp³-hybridized carbons (Fsp3) is 0.393. The molecule has 0 spiro atoms. The number of nitrogens with zero attached hydrogens (tertiary/aromatic N) is 5. The summed E-state index contributed by atoms with van der Waals surface area (Å²) in [6.45, 7) is 4.02. The van der Waals surface area contributed by atoms with Gasteiger partial charge >= 0.3 is 12.2 Å². The van der Waals surface area contributed by atoms with E-state index in [1.54, 1.807) is 24.3 Å². The third-order valence-electron chi connectivity index (χ3n) is 6.84. The molecule has 4 rings (SSSR count). The van der Waals surface area contributed by atoms with Crippen LogP contribution in [0, 0.1) is 17.2 Å². The molecule has 1 fully saturated rings. The van der Waals surface area contributed by atoms with Crippen LogP contribution >= 0.6 is 11.6 Å². The summed E-state index contributed by atoms with van der Waals surface area (Å²) in [6, 6.07) is 11.5. The summed E-state index contributed by atoms with van der Waals surface area (Å²) >= 11 is 5.86. The predicted molar refractivity (Wildman–Crippen MR) is 149 cm³/mol. The normalized spacial score (nSPS) is 17.9. The first-order chi connectivity index (χ1) is 19.8. The fourth-order valence-electron chi connectivity index (χ4n) is 4.91. The summed E-state index contributed by atoms with van der Waals surface area (Å²) in [6.07, 6.45) is -5.47. The second-order valence-electron chi connectivity index (χ2n) is 10.5. The van der Waals surface area contributed by atoms with Gasteiger partial charge in [0, 0.05) is 23.7 Å². The number of carbonyl (C=O) groups is 2. The molecule has 3 atom stereocenters. The molecule has 1 aliphatic heterocycles. The summed E-state index contributed by atoms with van der Waals surface area (Å²) in [5.41, 5.74) is 1.03. The minimum Gasteiger partial charge on any atom is -0.382 e. The number of hydrogen-bond donors (Lipinski definition) is 3. The number of amides is 3. The van der Waals surface area contributed by atoms with E-state index in [-0.39, 0.29) is 23.8 Å². The van der Waals surface area contributed by atoms with Crippen LogP contribution < -0.4 is 5.32 Å². The van der Waals surface area contributed by atoms with Crippen LogP contribution in [0.5, 0.6) is 0 Å². The van der Waals surface area contributed by atoms with Crippen molar-refractivity contribution < 1.29 is 27.9 Å². The van der Waals surface area contributed by atoms with Crippen LogP contribution in [0.25, 0.3) is 5.69 Å². The number of aromatic nitrogens is 3. The van der Waals surface area contributed by atoms with Gasteiger partial charge in [-0.25, -0.2) is 14.5 Å². The van der Waals surface area contributed by atoms with Gasteiger partial charge in [-0.05, 0) is 54.7 Å². The van der Waals surface area contributed by atoms with Crippen molar-refractivity contribution in [2.45, 2.75) is 39.1 Å². The molecule has 0 bridgehead atoms. The number of aliphatic hydroxyl groups excluding tert-OH is 1. The number of hydrogen-bond acceptors (Lipinski definition) is 6. The largest absolute Gasteiger partial charge is 0.416 e. The first kappa shape index (κ1) is 31.0. The van der Waals surface area contributed by atoms with Crippen molar-refractivity contribution >= 4 is 29.4 Å². The van der Waals surface area contributed by atoms with Crippen molar-refractivity contribution in [3.63, 3.8) is 0 Å². The first-order valence-corrected chi connectivity index (χ1v) is 13.6. The third kappa shape index (κ3) is 7.45. The quantitative estimate of drug-likeness (QED) is 0.270. The van der Waals surface area contributed by atoms with Crippen LogP contribution in [0.2, 0.25) is 5.02 Å². The van der Waals surface area contributed by atoms with E-state index in [1.807, 2.05) is 4.90 Å². The number of nitrogens with one attached hydrogen (secondary N) is 2. The topological polar surface area (TPSA) is 127 Å². The lowest BCUT2D eigenvalue weighted by atomic mass is 9.91. The van der Waals surface area contributed by atoms with Crippen LogP contribution in [0.3, 0.4) is 0 Å². The molecule has 3 N–H and O–H groups in total. The summed E-state index contributed by atoms with van der Waals surface area (Å²) in [5.74, 6) is 0.169. The number of likely N-dealkylation sites (tertiary alicyclic amines) is 1. The van der Waals surface area contributed by atoms with Gasteiger partial charge in [-0.3, -0.25) is 15.1 Å². The number of carbonyl (C=O) groups excluding carboxylic acids is 2. The molecule has 0 aliphatic carbocycles. The molecule has 14 heteroatoms. The summed E-state index contributed by atoms with van der Waals surface area (Å²) in [4.78, 5) is 32.9. The Hall–Kier alpha value is -3.97. The monoisotopic (exact) mass is 605 g/mol. The fourth-order valence-corrected chi connectivity index (χ4v) is 5.04. The lowest BCUT2D eigenvalue weighted by Crippen LogP contribution is -2.50. The SMILES string of the molecule is CC1CC(C)CN(C(=O)c2ccccc2-n2cnc(CNC(=O)N(C[C@H](O)C(F)(F)F)C(=N)c3ccc(Cl)cc3)n2)C1. The number of para-hydroxylation sites is 1. The van der Waals surface area contributed by atoms with Gasteiger partial charge in [0.05, 0.1) is 24.3 Å². The van der Waals surface area contributed by atoms with Gasteiger partial charge in [-0.15, -0.1) is 5.10 Å². The highest BCUT2D eigenvalue weighted by molar-refractivity contribution is 6.30. The Morgan fingerprint density at radius 3 is 2.43 bits per heavy atom. The first-order valence-electron chi connectivity index (χ1n) is 13.3. The van der Waals surface area contributed by atoms with Crippen molar-refractivity contribution in [3.8, 4) is 5.69 Å².